The highest BCUT2D eigenvalue weighted by Gasteiger charge is 2.17. The number of nitrogens with zero attached hydrogens (tertiary/aromatic N) is 1. The third kappa shape index (κ3) is 4.24. The topological polar surface area (TPSA) is 64.4 Å². The molecule has 1 atom stereocenters. The van der Waals surface area contributed by atoms with Gasteiger partial charge in [0.2, 0.25) is 0 Å². The van der Waals surface area contributed by atoms with Gasteiger partial charge in [0.05, 0.1) is 18.5 Å². The maximum Gasteiger partial charge on any atom is 0.261 e. The first kappa shape index (κ1) is 17.2. The largest absolute Gasteiger partial charge is 0.481 e. The molecule has 7 heteroatoms. The second-order valence-corrected chi connectivity index (χ2v) is 6.52. The fraction of sp³-hybridized carbons (Fsp3) is 0.222. The van der Waals surface area contributed by atoms with Gasteiger partial charge in [-0.05, 0) is 38.1 Å². The lowest BCUT2D eigenvalue weighted by molar-refractivity contribution is -0.127. The van der Waals surface area contributed by atoms with Crippen molar-refractivity contribution in [2.45, 2.75) is 26.5 Å². The fourth-order valence-electron chi connectivity index (χ4n) is 2.21. The minimum atomic E-state index is -0.737. The number of thiazole rings is 1. The fourth-order valence-corrected chi connectivity index (χ4v) is 3.18. The molecule has 0 saturated heterocycles. The molecule has 0 aliphatic carbocycles. The molecule has 0 aliphatic rings. The Kier molecular flexibility index (Phi) is 5.14. The maximum atomic E-state index is 13.2. The zero-order valence-electron chi connectivity index (χ0n) is 13.8. The monoisotopic (exact) mass is 360 g/mol. The molecule has 1 N–H and O–H groups in total. The molecular formula is C18H17FN2O3S. The van der Waals surface area contributed by atoms with E-state index in [0.29, 0.717) is 18.1 Å². The average molecular weight is 360 g/mol. The van der Waals surface area contributed by atoms with Gasteiger partial charge in [-0.15, -0.1) is 11.3 Å². The van der Waals surface area contributed by atoms with Crippen molar-refractivity contribution in [1.29, 1.82) is 0 Å². The lowest BCUT2D eigenvalue weighted by Crippen LogP contribution is -2.35. The van der Waals surface area contributed by atoms with Gasteiger partial charge in [0.1, 0.15) is 11.6 Å². The molecule has 3 aromatic rings. The number of hydrogen-bond acceptors (Lipinski definition) is 5. The number of furan rings is 1. The van der Waals surface area contributed by atoms with E-state index in [4.69, 9.17) is 9.15 Å². The van der Waals surface area contributed by atoms with E-state index in [1.165, 1.54) is 29.5 Å². The summed E-state index contributed by atoms with van der Waals surface area (Å²) in [7, 11) is 0. The number of aromatic nitrogens is 1. The van der Waals surface area contributed by atoms with Crippen molar-refractivity contribution < 1.29 is 18.3 Å². The van der Waals surface area contributed by atoms with Gasteiger partial charge in [-0.25, -0.2) is 9.37 Å². The molecule has 1 aromatic carbocycles. The van der Waals surface area contributed by atoms with Crippen LogP contribution >= 0.6 is 11.3 Å². The summed E-state index contributed by atoms with van der Waals surface area (Å²) in [4.78, 5) is 17.6. The molecule has 1 amide bonds. The number of hydrogen-bond donors (Lipinski definition) is 1. The Balaban J connectivity index is 1.58. The summed E-state index contributed by atoms with van der Waals surface area (Å²) >= 11 is 1.47. The Morgan fingerprint density at radius 1 is 1.40 bits per heavy atom. The van der Waals surface area contributed by atoms with Gasteiger partial charge >= 0.3 is 0 Å². The van der Waals surface area contributed by atoms with Gasteiger partial charge in [-0.3, -0.25) is 4.79 Å². The number of aryl methyl sites for hydroxylation is 1. The third-order valence-electron chi connectivity index (χ3n) is 3.53. The number of halogens is 1. The van der Waals surface area contributed by atoms with E-state index in [-0.39, 0.29) is 5.91 Å². The van der Waals surface area contributed by atoms with Crippen LogP contribution in [0.2, 0.25) is 0 Å². The molecule has 3 rings (SSSR count). The highest BCUT2D eigenvalue weighted by atomic mass is 32.1. The summed E-state index contributed by atoms with van der Waals surface area (Å²) in [5.74, 6) is 0.331. The lowest BCUT2D eigenvalue weighted by Gasteiger charge is -2.14. The van der Waals surface area contributed by atoms with Crippen molar-refractivity contribution in [2.24, 2.45) is 0 Å². The number of nitrogens with one attached hydrogen (secondary N) is 1. The van der Waals surface area contributed by atoms with Crippen LogP contribution < -0.4 is 10.1 Å². The van der Waals surface area contributed by atoms with E-state index in [1.54, 1.807) is 25.3 Å². The highest BCUT2D eigenvalue weighted by molar-refractivity contribution is 7.15. The molecule has 130 valence electrons. The molecule has 2 aromatic heterocycles. The van der Waals surface area contributed by atoms with Crippen molar-refractivity contribution in [2.75, 3.05) is 0 Å². The summed E-state index contributed by atoms with van der Waals surface area (Å²) < 4.78 is 24.0. The smallest absolute Gasteiger partial charge is 0.261 e. The van der Waals surface area contributed by atoms with Gasteiger partial charge < -0.3 is 14.5 Å². The van der Waals surface area contributed by atoms with E-state index in [2.05, 4.69) is 10.3 Å². The van der Waals surface area contributed by atoms with Gasteiger partial charge in [0.15, 0.2) is 16.9 Å². The zero-order chi connectivity index (χ0) is 17.8. The summed E-state index contributed by atoms with van der Waals surface area (Å²) in [6.45, 7) is 3.85. The van der Waals surface area contributed by atoms with Crippen LogP contribution in [0.3, 0.4) is 0 Å². The number of ether oxygens (including phenoxy) is 1. The van der Waals surface area contributed by atoms with Crippen LogP contribution in [0.25, 0.3) is 10.8 Å². The summed E-state index contributed by atoms with van der Waals surface area (Å²) in [5.41, 5.74) is 0.843. The molecule has 0 bridgehead atoms. The van der Waals surface area contributed by atoms with Crippen molar-refractivity contribution in [1.82, 2.24) is 10.3 Å². The van der Waals surface area contributed by atoms with Crippen molar-refractivity contribution in [3.8, 4) is 16.5 Å². The molecule has 0 aliphatic heterocycles. The molecule has 2 heterocycles. The van der Waals surface area contributed by atoms with E-state index in [0.717, 1.165) is 15.6 Å². The maximum absolute atomic E-state index is 13.2. The molecule has 0 saturated carbocycles. The van der Waals surface area contributed by atoms with Crippen LogP contribution in [0.4, 0.5) is 4.39 Å². The highest BCUT2D eigenvalue weighted by Crippen LogP contribution is 2.28. The Labute approximate surface area is 148 Å². The van der Waals surface area contributed by atoms with Crippen LogP contribution in [0.15, 0.2) is 47.1 Å². The number of carbonyl (C=O) groups is 1. The van der Waals surface area contributed by atoms with Crippen molar-refractivity contribution in [3.05, 3.63) is 59.0 Å². The lowest BCUT2D eigenvalue weighted by atomic mass is 10.3. The van der Waals surface area contributed by atoms with Crippen LogP contribution in [-0.4, -0.2) is 17.0 Å². The van der Waals surface area contributed by atoms with Crippen molar-refractivity contribution in [3.63, 3.8) is 0 Å². The van der Waals surface area contributed by atoms with Crippen molar-refractivity contribution >= 4 is 17.2 Å². The third-order valence-corrected chi connectivity index (χ3v) is 4.70. The van der Waals surface area contributed by atoms with Gasteiger partial charge in [0, 0.05) is 10.9 Å². The second-order valence-electron chi connectivity index (χ2n) is 5.44. The zero-order valence-corrected chi connectivity index (χ0v) is 14.6. The number of benzene rings is 1. The minimum absolute atomic E-state index is 0.281. The van der Waals surface area contributed by atoms with Gasteiger partial charge in [-0.2, -0.15) is 0 Å². The van der Waals surface area contributed by atoms with Crippen LogP contribution in [0.1, 0.15) is 17.5 Å². The van der Waals surface area contributed by atoms with Gasteiger partial charge in [-0.1, -0.05) is 6.07 Å². The summed E-state index contributed by atoms with van der Waals surface area (Å²) in [6, 6.07) is 9.35. The van der Waals surface area contributed by atoms with Crippen LogP contribution in [0.5, 0.6) is 5.75 Å². The van der Waals surface area contributed by atoms with Gasteiger partial charge in [0.25, 0.3) is 5.91 Å². The second kappa shape index (κ2) is 7.48. The first-order valence-corrected chi connectivity index (χ1v) is 8.54. The molecule has 0 fully saturated rings. The van der Waals surface area contributed by atoms with Crippen LogP contribution in [-0.2, 0) is 11.3 Å². The van der Waals surface area contributed by atoms with Crippen LogP contribution in [0, 0.1) is 12.7 Å². The predicted octanol–water partition coefficient (Wildman–Crippen LogP) is 3.93. The minimum Gasteiger partial charge on any atom is -0.481 e. The molecule has 5 nitrogen and oxygen atoms in total. The normalized spacial score (nSPS) is 12.0. The van der Waals surface area contributed by atoms with E-state index in [9.17, 15) is 9.18 Å². The van der Waals surface area contributed by atoms with E-state index < -0.39 is 11.9 Å². The number of amides is 1. The summed E-state index contributed by atoms with van der Waals surface area (Å²) in [5, 5.41) is 3.59. The molecule has 1 unspecified atom stereocenters. The Morgan fingerprint density at radius 2 is 2.24 bits per heavy atom. The molecule has 0 spiro atoms. The first-order valence-electron chi connectivity index (χ1n) is 7.73. The summed E-state index contributed by atoms with van der Waals surface area (Å²) in [6.07, 6.45) is 0.860. The number of rotatable bonds is 6. The average Bonchev–Trinajstić information content (AvgIpc) is 3.22. The molecule has 25 heavy (non-hydrogen) atoms. The first-order chi connectivity index (χ1) is 12.0. The predicted molar refractivity (Wildman–Crippen MR) is 92.9 cm³/mol. The Hall–Kier alpha value is -2.67. The number of carbonyl (C=O) groups excluding carboxylic acids is 1. The SMILES string of the molecule is Cc1nc(-c2ccco2)sc1CNC(=O)C(C)Oc1cccc(F)c1. The Morgan fingerprint density at radius 3 is 2.96 bits per heavy atom. The quantitative estimate of drug-likeness (QED) is 0.723. The molecule has 0 radical (unpaired) electrons. The molecular weight excluding hydrogens is 343 g/mol. The standard InChI is InChI=1S/C18H17FN2O3S/c1-11-16(25-18(21-11)15-7-4-8-23-15)10-20-17(22)12(2)24-14-6-3-5-13(19)9-14/h3-9,12H,10H2,1-2H3,(H,20,22). The Bertz CT molecular complexity index is 861. The van der Waals surface area contributed by atoms with E-state index in [1.807, 2.05) is 13.0 Å². The van der Waals surface area contributed by atoms with E-state index >= 15 is 0 Å².